The molecule has 8 nitrogen and oxygen atoms in total. The average Bonchev–Trinajstić information content (AvgIpc) is 2.96. The van der Waals surface area contributed by atoms with Gasteiger partial charge in [0, 0.05) is 12.8 Å². The van der Waals surface area contributed by atoms with E-state index in [0.717, 1.165) is 11.1 Å². The lowest BCUT2D eigenvalue weighted by Crippen LogP contribution is -2.53. The number of hydrogen-bond acceptors (Lipinski definition) is 8. The quantitative estimate of drug-likeness (QED) is 0.328. The summed E-state index contributed by atoms with van der Waals surface area (Å²) in [5.74, 6) is -1.08. The Morgan fingerprint density at radius 1 is 0.897 bits per heavy atom. The zero-order valence-corrected chi connectivity index (χ0v) is 21.6. The van der Waals surface area contributed by atoms with Crippen LogP contribution >= 0.6 is 0 Å². The molecule has 1 heterocycles. The summed E-state index contributed by atoms with van der Waals surface area (Å²) in [7, 11) is 1.58. The van der Waals surface area contributed by atoms with Crippen LogP contribution in [0.15, 0.2) is 90.5 Å². The molecule has 39 heavy (non-hydrogen) atoms. The Labute approximate surface area is 226 Å². The number of carbonyl (C=O) groups is 3. The van der Waals surface area contributed by atoms with Crippen molar-refractivity contribution in [2.24, 2.45) is 5.92 Å². The van der Waals surface area contributed by atoms with E-state index in [1.165, 1.54) is 6.92 Å². The molecule has 0 bridgehead atoms. The van der Waals surface area contributed by atoms with Crippen LogP contribution in [-0.4, -0.2) is 43.3 Å². The third-order valence-corrected chi connectivity index (χ3v) is 6.77. The van der Waals surface area contributed by atoms with Crippen molar-refractivity contribution in [3.8, 4) is 11.5 Å². The van der Waals surface area contributed by atoms with Crippen molar-refractivity contribution >= 4 is 17.9 Å². The molecule has 4 unspecified atom stereocenters. The fourth-order valence-corrected chi connectivity index (χ4v) is 4.91. The highest BCUT2D eigenvalue weighted by molar-refractivity contribution is 5.92. The normalized spacial score (nSPS) is 21.2. The maximum Gasteiger partial charge on any atom is 0.338 e. The summed E-state index contributed by atoms with van der Waals surface area (Å²) in [6.07, 6.45) is -0.785. The molecule has 5 rings (SSSR count). The molecular formula is C31H28O8. The van der Waals surface area contributed by atoms with Gasteiger partial charge in [0.05, 0.1) is 18.2 Å². The van der Waals surface area contributed by atoms with Crippen LogP contribution in [0.3, 0.4) is 0 Å². The van der Waals surface area contributed by atoms with E-state index < -0.39 is 42.1 Å². The molecule has 0 fully saturated rings. The Morgan fingerprint density at radius 2 is 1.62 bits per heavy atom. The van der Waals surface area contributed by atoms with E-state index in [2.05, 4.69) is 0 Å². The summed E-state index contributed by atoms with van der Waals surface area (Å²) in [4.78, 5) is 38.8. The predicted molar refractivity (Wildman–Crippen MR) is 140 cm³/mol. The average molecular weight is 529 g/mol. The first-order valence-electron chi connectivity index (χ1n) is 12.6. The number of ether oxygens (including phenoxy) is 5. The van der Waals surface area contributed by atoms with Gasteiger partial charge in [0.15, 0.2) is 12.2 Å². The van der Waals surface area contributed by atoms with Gasteiger partial charge in [-0.2, -0.15) is 0 Å². The second kappa shape index (κ2) is 11.4. The van der Waals surface area contributed by atoms with E-state index in [0.29, 0.717) is 23.5 Å². The molecule has 200 valence electrons. The van der Waals surface area contributed by atoms with E-state index in [1.54, 1.807) is 55.7 Å². The van der Waals surface area contributed by atoms with E-state index >= 15 is 0 Å². The lowest BCUT2D eigenvalue weighted by atomic mass is 9.77. The zero-order chi connectivity index (χ0) is 27.4. The van der Waals surface area contributed by atoms with E-state index in [9.17, 15) is 14.4 Å². The van der Waals surface area contributed by atoms with Gasteiger partial charge in [-0.15, -0.1) is 0 Å². The Hall–Kier alpha value is -4.59. The molecule has 8 heteroatoms. The predicted octanol–water partition coefficient (Wildman–Crippen LogP) is 4.46. The van der Waals surface area contributed by atoms with Crippen LogP contribution in [0.4, 0.5) is 0 Å². The Morgan fingerprint density at radius 3 is 2.31 bits per heavy atom. The fourth-order valence-electron chi connectivity index (χ4n) is 4.91. The number of carbonyl (C=O) groups excluding carboxylic acids is 3. The Kier molecular flexibility index (Phi) is 7.63. The number of esters is 3. The highest BCUT2D eigenvalue weighted by Crippen LogP contribution is 2.41. The van der Waals surface area contributed by atoms with Crippen molar-refractivity contribution in [1.29, 1.82) is 0 Å². The van der Waals surface area contributed by atoms with Crippen molar-refractivity contribution < 1.29 is 38.1 Å². The summed E-state index contributed by atoms with van der Waals surface area (Å²) in [5, 5.41) is 0. The van der Waals surface area contributed by atoms with Gasteiger partial charge in [0.2, 0.25) is 0 Å². The molecule has 1 aliphatic heterocycles. The van der Waals surface area contributed by atoms with Crippen LogP contribution in [0.2, 0.25) is 0 Å². The van der Waals surface area contributed by atoms with Crippen LogP contribution in [0, 0.1) is 5.92 Å². The van der Waals surface area contributed by atoms with Gasteiger partial charge in [-0.05, 0) is 54.0 Å². The fraction of sp³-hybridized carbons (Fsp3) is 0.258. The second-order valence-corrected chi connectivity index (χ2v) is 9.37. The highest BCUT2D eigenvalue weighted by Gasteiger charge is 2.50. The number of methoxy groups -OCH3 is 1. The molecule has 0 amide bonds. The molecule has 0 aromatic heterocycles. The molecule has 4 atom stereocenters. The van der Waals surface area contributed by atoms with Crippen LogP contribution in [0.25, 0.3) is 0 Å². The summed E-state index contributed by atoms with van der Waals surface area (Å²) < 4.78 is 28.9. The van der Waals surface area contributed by atoms with Crippen LogP contribution in [0.5, 0.6) is 11.5 Å². The minimum Gasteiger partial charge on any atom is -0.497 e. The maximum atomic E-state index is 13.4. The smallest absolute Gasteiger partial charge is 0.338 e. The van der Waals surface area contributed by atoms with Crippen molar-refractivity contribution in [2.75, 3.05) is 7.11 Å². The third kappa shape index (κ3) is 5.80. The van der Waals surface area contributed by atoms with Gasteiger partial charge in [0.1, 0.15) is 24.2 Å². The molecule has 2 aliphatic rings. The summed E-state index contributed by atoms with van der Waals surface area (Å²) in [5.41, 5.74) is 2.04. The van der Waals surface area contributed by atoms with Gasteiger partial charge in [-0.25, -0.2) is 9.59 Å². The van der Waals surface area contributed by atoms with Crippen molar-refractivity contribution in [3.63, 3.8) is 0 Å². The topological polar surface area (TPSA) is 97.4 Å². The molecule has 0 saturated carbocycles. The maximum absolute atomic E-state index is 13.4. The highest BCUT2D eigenvalue weighted by atomic mass is 16.6. The van der Waals surface area contributed by atoms with Crippen molar-refractivity contribution in [3.05, 3.63) is 107 Å². The third-order valence-electron chi connectivity index (χ3n) is 6.77. The first-order valence-corrected chi connectivity index (χ1v) is 12.6. The van der Waals surface area contributed by atoms with E-state index in [4.69, 9.17) is 23.7 Å². The number of hydrogen-bond donors (Lipinski definition) is 0. The van der Waals surface area contributed by atoms with Crippen molar-refractivity contribution in [1.82, 2.24) is 0 Å². The van der Waals surface area contributed by atoms with E-state index in [-0.39, 0.29) is 12.2 Å². The SMILES string of the molecule is COc1ccc2c(c1)CC1C(C=C(C(=O)OCc3ccccc3)C(OC(C)=O)C1OC(=O)c1ccccc1)O2. The van der Waals surface area contributed by atoms with Crippen molar-refractivity contribution in [2.45, 2.75) is 38.3 Å². The lowest BCUT2D eigenvalue weighted by Gasteiger charge is -2.43. The standard InChI is InChI=1S/C31H28O8/c1-19(32)37-29-25(31(34)36-18-20-9-5-3-6-10-20)17-27-24(16-22-15-23(35-2)13-14-26(22)38-27)28(29)39-30(33)21-11-7-4-8-12-21/h3-15,17,24,27-29H,16,18H2,1-2H3. The molecular weight excluding hydrogens is 500 g/mol. The largest absolute Gasteiger partial charge is 0.497 e. The first-order chi connectivity index (χ1) is 18.9. The molecule has 1 aliphatic carbocycles. The zero-order valence-electron chi connectivity index (χ0n) is 21.6. The summed E-state index contributed by atoms with van der Waals surface area (Å²) >= 11 is 0. The Bertz CT molecular complexity index is 1380. The van der Waals surface area contributed by atoms with Gasteiger partial charge in [-0.1, -0.05) is 48.5 Å². The lowest BCUT2D eigenvalue weighted by molar-refractivity contribution is -0.159. The van der Waals surface area contributed by atoms with Gasteiger partial charge < -0.3 is 23.7 Å². The minimum absolute atomic E-state index is 0.0237. The molecule has 0 radical (unpaired) electrons. The molecule has 3 aromatic carbocycles. The summed E-state index contributed by atoms with van der Waals surface area (Å²) in [6.45, 7) is 1.27. The second-order valence-electron chi connectivity index (χ2n) is 9.37. The van der Waals surface area contributed by atoms with Gasteiger partial charge >= 0.3 is 17.9 Å². The Balaban J connectivity index is 1.51. The van der Waals surface area contributed by atoms with Crippen LogP contribution in [-0.2, 0) is 36.8 Å². The molecule has 3 aromatic rings. The van der Waals surface area contributed by atoms with Crippen LogP contribution < -0.4 is 9.47 Å². The van der Waals surface area contributed by atoms with Crippen LogP contribution in [0.1, 0.15) is 28.4 Å². The molecule has 0 spiro atoms. The van der Waals surface area contributed by atoms with Gasteiger partial charge in [-0.3, -0.25) is 4.79 Å². The molecule has 0 saturated heterocycles. The number of benzene rings is 3. The summed E-state index contributed by atoms with van der Waals surface area (Å²) in [6, 6.07) is 23.2. The monoisotopic (exact) mass is 528 g/mol. The first kappa shape index (κ1) is 26.0. The minimum atomic E-state index is -1.18. The number of fused-ring (bicyclic) bond motifs is 2. The molecule has 0 N–H and O–H groups in total. The van der Waals surface area contributed by atoms with Gasteiger partial charge in [0.25, 0.3) is 0 Å². The number of rotatable bonds is 7. The van der Waals surface area contributed by atoms with E-state index in [1.807, 2.05) is 36.4 Å².